The molecule has 11 heterocycles. The van der Waals surface area contributed by atoms with Crippen molar-refractivity contribution in [2.45, 2.75) is 176 Å². The molecule has 0 amide bonds. The monoisotopic (exact) mass is 1650 g/mol. The lowest BCUT2D eigenvalue weighted by molar-refractivity contribution is -0.159. The Hall–Kier alpha value is -7.74. The minimum Gasteiger partial charge on any atom is -0.481 e. The normalized spacial score (nSPS) is 26.9. The number of aryl methyl sites for hydroxylation is 3. The predicted molar refractivity (Wildman–Crippen MR) is 465 cm³/mol. The van der Waals surface area contributed by atoms with Crippen LogP contribution in [0.5, 0.6) is 0 Å². The second kappa shape index (κ2) is 33.2. The van der Waals surface area contributed by atoms with Crippen molar-refractivity contribution in [3.63, 3.8) is 0 Å². The third-order valence-corrected chi connectivity index (χ3v) is 30.1. The Bertz CT molecular complexity index is 4870. The number of nitrogens with one attached hydrogen (secondary N) is 3. The summed E-state index contributed by atoms with van der Waals surface area (Å²) in [6.45, 7) is 30.6. The highest BCUT2D eigenvalue weighted by Crippen LogP contribution is 2.50. The minimum atomic E-state index is -0.650. The average molecular weight is 1660 g/mol. The Morgan fingerprint density at radius 2 is 0.783 bits per heavy atom. The fraction of sp³-hybridized carbons (Fsp3) is 0.539. The highest BCUT2D eigenvalue weighted by molar-refractivity contribution is 7.17. The molecule has 6 aliphatic heterocycles. The number of halogens is 3. The summed E-state index contributed by atoms with van der Waals surface area (Å²) in [6.07, 6.45) is 12.0. The molecule has 3 aliphatic carbocycles. The van der Waals surface area contributed by atoms with Gasteiger partial charge in [0.1, 0.15) is 22.3 Å². The number of hydrogen-bond acceptors (Lipinski definition) is 20. The van der Waals surface area contributed by atoms with Crippen molar-refractivity contribution in [3.05, 3.63) is 150 Å². The van der Waals surface area contributed by atoms with Crippen LogP contribution >= 0.6 is 57.5 Å². The molecule has 6 saturated heterocycles. The van der Waals surface area contributed by atoms with Crippen molar-refractivity contribution in [2.75, 3.05) is 109 Å². The van der Waals surface area contributed by atoms with Gasteiger partial charge in [0.25, 0.3) is 0 Å². The van der Waals surface area contributed by atoms with E-state index < -0.39 is 34.2 Å². The molecule has 18 rings (SSSR count). The number of aromatic nitrogens is 6. The van der Waals surface area contributed by atoms with Crippen LogP contribution in [0.25, 0.3) is 31.3 Å². The zero-order chi connectivity index (χ0) is 80.5. The van der Waals surface area contributed by atoms with E-state index >= 15 is 0 Å². The van der Waals surface area contributed by atoms with E-state index in [-0.39, 0.29) is 18.1 Å². The highest BCUT2D eigenvalue weighted by atomic mass is 35.5. The quantitative estimate of drug-likeness (QED) is 0.0391. The van der Waals surface area contributed by atoms with Crippen molar-refractivity contribution >= 4 is 142 Å². The van der Waals surface area contributed by atoms with Gasteiger partial charge in [-0.2, -0.15) is 15.0 Å². The van der Waals surface area contributed by atoms with Crippen LogP contribution < -0.4 is 30.7 Å². The first-order valence-electron chi connectivity index (χ1n) is 41.6. The third kappa shape index (κ3) is 17.1. The molecule has 6 N–H and O–H groups in total. The largest absolute Gasteiger partial charge is 0.481 e. The standard InChI is InChI=1S/C31H38ClN5O2.2C29H36ClN5O2S/c1-19-10-11-24(26(32)13-19)20(2)33-28-25-8-4-5-9-27(25)34-30(35-28)37-17-22(18-37)21-7-6-12-36(16-21)23-14-31(3,15-23)29(38)39;1-17-6-7-22(23(30)11-17)18(2)31-26-25-24(8-10-38-25)32-28(33-26)35-15-20(16-35)19-5-4-9-34(14-19)21-12-29(3,13-21)27(36)37;1-17-6-7-22(24(30)11-17)18(2)31-25-23-8-10-38-26(23)33-28(32-25)35-15-20(16-35)19-5-4-9-34(14-19)21-12-29(3,13-21)27(36)37/h4-5,8-11,13,20-23H,6-7,12,14-18H2,1-3H3,(H,38,39)(H,33,34,35);2*6-8,10-11,18-21H,4-5,9,12-16H2,1-3H3,(H,36,37)(H,31,32,33)/t20-,21+,23?,31?;2*18-,19+,21?,29?/m111/s1. The summed E-state index contributed by atoms with van der Waals surface area (Å²) in [6, 6.07) is 32.2. The Labute approximate surface area is 698 Å². The number of benzene rings is 4. The number of nitrogens with zero attached hydrogens (tertiary/aromatic N) is 12. The number of rotatable bonds is 21. The summed E-state index contributed by atoms with van der Waals surface area (Å²) in [5.41, 5.74) is 6.92. The number of carboxylic acids is 3. The first-order chi connectivity index (χ1) is 55.1. The second-order valence-corrected chi connectivity index (χ2v) is 39.1. The van der Waals surface area contributed by atoms with E-state index in [0.29, 0.717) is 53.6 Å². The van der Waals surface area contributed by atoms with Crippen LogP contribution in [0.4, 0.5) is 35.3 Å². The molecule has 115 heavy (non-hydrogen) atoms. The Morgan fingerprint density at radius 1 is 0.426 bits per heavy atom. The zero-order valence-corrected chi connectivity index (χ0v) is 71.5. The summed E-state index contributed by atoms with van der Waals surface area (Å²) in [5, 5.41) is 47.8. The summed E-state index contributed by atoms with van der Waals surface area (Å²) in [5.74, 6) is 6.81. The van der Waals surface area contributed by atoms with Crippen LogP contribution in [0, 0.1) is 72.5 Å². The molecule has 9 aromatic rings. The number of para-hydroxylation sites is 1. The summed E-state index contributed by atoms with van der Waals surface area (Å²) < 4.78 is 1.07. The summed E-state index contributed by atoms with van der Waals surface area (Å²) in [4.78, 5) is 79.9. The highest BCUT2D eigenvalue weighted by Gasteiger charge is 2.53. The van der Waals surface area contributed by atoms with E-state index in [4.69, 9.17) is 64.7 Å². The molecule has 0 radical (unpaired) electrons. The number of thiophene rings is 2. The van der Waals surface area contributed by atoms with Crippen LogP contribution in [-0.2, 0) is 14.4 Å². The lowest BCUT2D eigenvalue weighted by Crippen LogP contribution is -2.58. The van der Waals surface area contributed by atoms with Gasteiger partial charge in [0.2, 0.25) is 17.8 Å². The van der Waals surface area contributed by atoms with Gasteiger partial charge in [0.05, 0.1) is 55.5 Å². The topological polar surface area (TPSA) is 245 Å². The number of fused-ring (bicyclic) bond motifs is 3. The summed E-state index contributed by atoms with van der Waals surface area (Å²) >= 11 is 23.0. The number of anilines is 6. The van der Waals surface area contributed by atoms with Crippen LogP contribution in [0.2, 0.25) is 15.1 Å². The molecule has 0 bridgehead atoms. The molecule has 5 aromatic heterocycles. The van der Waals surface area contributed by atoms with Crippen molar-refractivity contribution in [1.29, 1.82) is 0 Å². The first-order valence-corrected chi connectivity index (χ1v) is 44.5. The van der Waals surface area contributed by atoms with E-state index in [1.807, 2.05) is 71.9 Å². The number of piperidine rings is 3. The van der Waals surface area contributed by atoms with Gasteiger partial charge in [-0.3, -0.25) is 14.4 Å². The van der Waals surface area contributed by atoms with E-state index in [0.717, 1.165) is 232 Å². The molecule has 610 valence electrons. The van der Waals surface area contributed by atoms with Crippen molar-refractivity contribution < 1.29 is 29.7 Å². The Balaban J connectivity index is 0.000000130. The van der Waals surface area contributed by atoms with Gasteiger partial charge in [-0.25, -0.2) is 15.0 Å². The number of hydrogen-bond donors (Lipinski definition) is 6. The molecule has 6 atom stereocenters. The van der Waals surface area contributed by atoms with E-state index in [2.05, 4.69) is 138 Å². The molecule has 0 unspecified atom stereocenters. The van der Waals surface area contributed by atoms with Gasteiger partial charge < -0.3 is 60.7 Å². The maximum atomic E-state index is 11.5. The molecular formula is C89H110Cl3N15O6S2. The predicted octanol–water partition coefficient (Wildman–Crippen LogP) is 18.6. The lowest BCUT2D eigenvalue weighted by Gasteiger charge is -2.52. The molecule has 26 heteroatoms. The average Bonchev–Trinajstić information content (AvgIpc) is 1.32. The molecule has 9 fully saturated rings. The molecule has 9 aliphatic rings. The number of likely N-dealkylation sites (tertiary alicyclic amines) is 3. The van der Waals surface area contributed by atoms with Crippen LogP contribution in [0.3, 0.4) is 0 Å². The fourth-order valence-electron chi connectivity index (χ4n) is 19.7. The van der Waals surface area contributed by atoms with Gasteiger partial charge in [0.15, 0.2) is 0 Å². The fourth-order valence-corrected chi connectivity index (χ4v) is 22.5. The van der Waals surface area contributed by atoms with Gasteiger partial charge in [-0.1, -0.05) is 83.3 Å². The number of aliphatic carboxylic acids is 3. The van der Waals surface area contributed by atoms with Crippen molar-refractivity contribution in [1.82, 2.24) is 44.6 Å². The third-order valence-electron chi connectivity index (χ3n) is 27.4. The second-order valence-electron chi connectivity index (χ2n) is 36.1. The van der Waals surface area contributed by atoms with E-state index in [1.165, 1.54) is 38.5 Å². The molecule has 21 nitrogen and oxygen atoms in total. The maximum Gasteiger partial charge on any atom is 0.309 e. The minimum absolute atomic E-state index is 0.00361. The molecule has 3 saturated carbocycles. The first kappa shape index (κ1) is 81.0. The molecule has 4 aromatic carbocycles. The van der Waals surface area contributed by atoms with Gasteiger partial charge >= 0.3 is 17.9 Å². The van der Waals surface area contributed by atoms with E-state index in [1.54, 1.807) is 22.7 Å². The Morgan fingerprint density at radius 3 is 1.18 bits per heavy atom. The smallest absolute Gasteiger partial charge is 0.309 e. The molecular weight excluding hydrogens is 1550 g/mol. The van der Waals surface area contributed by atoms with Crippen LogP contribution in [-0.4, -0.2) is 174 Å². The Kier molecular flexibility index (Phi) is 23.4. The van der Waals surface area contributed by atoms with Crippen molar-refractivity contribution in [2.24, 2.45) is 51.8 Å². The maximum absolute atomic E-state index is 11.5. The number of carbonyl (C=O) groups is 3. The van der Waals surface area contributed by atoms with Crippen LogP contribution in [0.1, 0.15) is 170 Å². The van der Waals surface area contributed by atoms with Gasteiger partial charge in [-0.05, 0) is 281 Å². The summed E-state index contributed by atoms with van der Waals surface area (Å²) in [7, 11) is 0. The van der Waals surface area contributed by atoms with E-state index in [9.17, 15) is 29.7 Å². The number of carboxylic acid groups (broad SMARTS) is 3. The van der Waals surface area contributed by atoms with Gasteiger partial charge in [-0.15, -0.1) is 22.7 Å². The SMILES string of the molecule is Cc1ccc([C@@H](C)Nc2nc(N3CC([C@H]4CCCN(C5CC(C)(C(=O)O)C5)C4)C3)nc3ccccc23)c(Cl)c1.Cc1ccc([C@@H](C)Nc2nc(N3CC([C@H]4CCCN(C5CC(C)(C(=O)O)C5)C4)C3)nc3ccsc23)c(Cl)c1.Cc1ccc([C@@H](C)Nc2nc(N3CC([C@H]4CCCN(C5CC(C)(C(=O)O)C5)C4)C3)nc3sccc23)c(Cl)c1. The van der Waals surface area contributed by atoms with Gasteiger partial charge in [0, 0.05) is 97.5 Å². The lowest BCUT2D eigenvalue weighted by atomic mass is 9.65. The molecule has 0 spiro atoms. The van der Waals surface area contributed by atoms with Crippen molar-refractivity contribution in [3.8, 4) is 0 Å². The van der Waals surface area contributed by atoms with Crippen LogP contribution in [0.15, 0.2) is 102 Å². The zero-order valence-electron chi connectivity index (χ0n) is 67.6.